The summed E-state index contributed by atoms with van der Waals surface area (Å²) in [7, 11) is 0. The first-order chi connectivity index (χ1) is 9.36. The Balaban J connectivity index is 2.40. The molecule has 1 fully saturated rings. The number of hydrogen-bond acceptors (Lipinski definition) is 2. The molecule has 0 bridgehead atoms. The summed E-state index contributed by atoms with van der Waals surface area (Å²) in [5, 5.41) is 9.94. The number of aliphatic carboxylic acids is 1. The monoisotopic (exact) mass is 407 g/mol. The van der Waals surface area contributed by atoms with Gasteiger partial charge in [0.1, 0.15) is 5.54 Å². The van der Waals surface area contributed by atoms with Gasteiger partial charge in [-0.15, -0.1) is 0 Å². The standard InChI is InChI=1S/C14H15ClINO3/c1-14(13(19)20)6-2-3-7-17(14)12(18)10-8-9(15)4-5-11(10)16/h4-5,8H,2-3,6-7H2,1H3,(H,19,20). The summed E-state index contributed by atoms with van der Waals surface area (Å²) in [6.45, 7) is 2.08. The Kier molecular flexibility index (Phi) is 4.59. The van der Waals surface area contributed by atoms with Crippen molar-refractivity contribution in [3.8, 4) is 0 Å². The van der Waals surface area contributed by atoms with Crippen molar-refractivity contribution in [1.82, 2.24) is 4.90 Å². The van der Waals surface area contributed by atoms with Gasteiger partial charge in [-0.2, -0.15) is 0 Å². The molecule has 4 nitrogen and oxygen atoms in total. The topological polar surface area (TPSA) is 57.6 Å². The minimum Gasteiger partial charge on any atom is -0.480 e. The van der Waals surface area contributed by atoms with Crippen LogP contribution >= 0.6 is 34.2 Å². The molecule has 1 saturated heterocycles. The first-order valence-corrected chi connectivity index (χ1v) is 7.82. The molecule has 2 rings (SSSR count). The van der Waals surface area contributed by atoms with Crippen molar-refractivity contribution in [3.63, 3.8) is 0 Å². The highest BCUT2D eigenvalue weighted by Gasteiger charge is 2.44. The highest BCUT2D eigenvalue weighted by Crippen LogP contribution is 2.31. The van der Waals surface area contributed by atoms with Gasteiger partial charge in [-0.1, -0.05) is 11.6 Å². The lowest BCUT2D eigenvalue weighted by molar-refractivity contribution is -0.150. The minimum absolute atomic E-state index is 0.262. The van der Waals surface area contributed by atoms with Gasteiger partial charge >= 0.3 is 5.97 Å². The molecule has 0 spiro atoms. The number of nitrogens with zero attached hydrogens (tertiary/aromatic N) is 1. The van der Waals surface area contributed by atoms with E-state index in [1.54, 1.807) is 25.1 Å². The zero-order chi connectivity index (χ0) is 14.9. The number of carbonyl (C=O) groups excluding carboxylic acids is 1. The quantitative estimate of drug-likeness (QED) is 0.764. The van der Waals surface area contributed by atoms with Gasteiger partial charge in [0.15, 0.2) is 0 Å². The van der Waals surface area contributed by atoms with Crippen LogP contribution in [0.2, 0.25) is 5.02 Å². The smallest absolute Gasteiger partial charge is 0.329 e. The molecule has 0 aromatic heterocycles. The van der Waals surface area contributed by atoms with E-state index in [0.29, 0.717) is 23.6 Å². The second-order valence-electron chi connectivity index (χ2n) is 5.12. The Hall–Kier alpha value is -0.820. The maximum atomic E-state index is 12.7. The predicted molar refractivity (Wildman–Crippen MR) is 85.1 cm³/mol. The number of likely N-dealkylation sites (tertiary alicyclic amines) is 1. The highest BCUT2D eigenvalue weighted by molar-refractivity contribution is 14.1. The molecule has 6 heteroatoms. The molecule has 1 heterocycles. The Morgan fingerprint density at radius 1 is 1.40 bits per heavy atom. The third kappa shape index (κ3) is 2.79. The number of amides is 1. The highest BCUT2D eigenvalue weighted by atomic mass is 127. The molecule has 0 radical (unpaired) electrons. The second kappa shape index (κ2) is 5.89. The number of benzene rings is 1. The van der Waals surface area contributed by atoms with Crippen molar-refractivity contribution in [1.29, 1.82) is 0 Å². The van der Waals surface area contributed by atoms with Crippen LogP contribution < -0.4 is 0 Å². The first kappa shape index (κ1) is 15.6. The van der Waals surface area contributed by atoms with E-state index in [1.165, 1.54) is 4.90 Å². The van der Waals surface area contributed by atoms with Crippen LogP contribution in [0.3, 0.4) is 0 Å². The van der Waals surface area contributed by atoms with Crippen LogP contribution in [0.1, 0.15) is 36.5 Å². The van der Waals surface area contributed by atoms with Crippen molar-refractivity contribution in [2.24, 2.45) is 0 Å². The molecule has 1 aromatic rings. The van der Waals surface area contributed by atoms with Gasteiger partial charge in [0, 0.05) is 15.1 Å². The van der Waals surface area contributed by atoms with E-state index in [9.17, 15) is 14.7 Å². The van der Waals surface area contributed by atoms with Crippen molar-refractivity contribution in [3.05, 3.63) is 32.4 Å². The Morgan fingerprint density at radius 3 is 2.75 bits per heavy atom. The summed E-state index contributed by atoms with van der Waals surface area (Å²) in [6.07, 6.45) is 2.12. The van der Waals surface area contributed by atoms with E-state index in [4.69, 9.17) is 11.6 Å². The average molecular weight is 408 g/mol. The maximum absolute atomic E-state index is 12.7. The number of halogens is 2. The SMILES string of the molecule is CC1(C(=O)O)CCCCN1C(=O)c1cc(Cl)ccc1I. The Bertz CT molecular complexity index is 563. The fourth-order valence-electron chi connectivity index (χ4n) is 2.48. The summed E-state index contributed by atoms with van der Waals surface area (Å²) in [5.74, 6) is -1.22. The normalized spacial score (nSPS) is 22.6. The largest absolute Gasteiger partial charge is 0.480 e. The summed E-state index contributed by atoms with van der Waals surface area (Å²) < 4.78 is 0.773. The van der Waals surface area contributed by atoms with Crippen LogP contribution in [0.4, 0.5) is 0 Å². The predicted octanol–water partition coefficient (Wildman–Crippen LogP) is 3.41. The molecule has 20 heavy (non-hydrogen) atoms. The molecule has 0 saturated carbocycles. The number of carbonyl (C=O) groups is 2. The average Bonchev–Trinajstić information content (AvgIpc) is 2.41. The number of rotatable bonds is 2. The fourth-order valence-corrected chi connectivity index (χ4v) is 3.21. The van der Waals surface area contributed by atoms with E-state index in [2.05, 4.69) is 22.6 Å². The van der Waals surface area contributed by atoms with E-state index in [0.717, 1.165) is 16.4 Å². The zero-order valence-corrected chi connectivity index (χ0v) is 13.9. The molecule has 1 unspecified atom stereocenters. The molecular weight excluding hydrogens is 393 g/mol. The van der Waals surface area contributed by atoms with Gasteiger partial charge in [-0.05, 0) is 67.0 Å². The lowest BCUT2D eigenvalue weighted by Gasteiger charge is -2.41. The second-order valence-corrected chi connectivity index (χ2v) is 6.72. The van der Waals surface area contributed by atoms with Crippen molar-refractivity contribution >= 4 is 46.1 Å². The molecular formula is C14H15ClINO3. The third-order valence-electron chi connectivity index (χ3n) is 3.76. The summed E-state index contributed by atoms with van der Waals surface area (Å²) in [6, 6.07) is 5.08. The molecule has 108 valence electrons. The minimum atomic E-state index is -1.14. The molecule has 1 aromatic carbocycles. The van der Waals surface area contributed by atoms with E-state index >= 15 is 0 Å². The van der Waals surface area contributed by atoms with Gasteiger partial charge in [0.25, 0.3) is 5.91 Å². The number of carboxylic acid groups (broad SMARTS) is 1. The van der Waals surface area contributed by atoms with Crippen LogP contribution in [-0.2, 0) is 4.79 Å². The van der Waals surface area contributed by atoms with Crippen LogP contribution in [0.15, 0.2) is 18.2 Å². The van der Waals surface area contributed by atoms with Gasteiger partial charge in [0.05, 0.1) is 5.56 Å². The number of carboxylic acids is 1. The summed E-state index contributed by atoms with van der Waals surface area (Å²) >= 11 is 8.01. The van der Waals surface area contributed by atoms with Gasteiger partial charge in [0.2, 0.25) is 0 Å². The Labute approximate surface area is 136 Å². The molecule has 0 aliphatic carbocycles. The lowest BCUT2D eigenvalue weighted by Crippen LogP contribution is -2.57. The molecule has 1 atom stereocenters. The molecule has 1 N–H and O–H groups in total. The molecule has 1 amide bonds. The summed E-state index contributed by atoms with van der Waals surface area (Å²) in [4.78, 5) is 25.7. The number of hydrogen-bond donors (Lipinski definition) is 1. The van der Waals surface area contributed by atoms with E-state index < -0.39 is 11.5 Å². The van der Waals surface area contributed by atoms with E-state index in [1.807, 2.05) is 0 Å². The maximum Gasteiger partial charge on any atom is 0.329 e. The molecule has 1 aliphatic rings. The van der Waals surface area contributed by atoms with Crippen LogP contribution in [0.25, 0.3) is 0 Å². The Morgan fingerprint density at radius 2 is 2.10 bits per heavy atom. The van der Waals surface area contributed by atoms with Crippen LogP contribution in [0.5, 0.6) is 0 Å². The van der Waals surface area contributed by atoms with Gasteiger partial charge in [-0.25, -0.2) is 4.79 Å². The van der Waals surface area contributed by atoms with E-state index in [-0.39, 0.29) is 5.91 Å². The van der Waals surface area contributed by atoms with Crippen molar-refractivity contribution in [2.45, 2.75) is 31.7 Å². The fraction of sp³-hybridized carbons (Fsp3) is 0.429. The zero-order valence-electron chi connectivity index (χ0n) is 11.0. The van der Waals surface area contributed by atoms with Crippen LogP contribution in [0, 0.1) is 3.57 Å². The summed E-state index contributed by atoms with van der Waals surface area (Å²) in [5.41, 5.74) is -0.673. The number of piperidine rings is 1. The van der Waals surface area contributed by atoms with Gasteiger partial charge < -0.3 is 10.0 Å². The third-order valence-corrected chi connectivity index (χ3v) is 4.93. The molecule has 1 aliphatic heterocycles. The van der Waals surface area contributed by atoms with Gasteiger partial charge in [-0.3, -0.25) is 4.79 Å². The van der Waals surface area contributed by atoms with Crippen LogP contribution in [-0.4, -0.2) is 34.0 Å². The van der Waals surface area contributed by atoms with Crippen molar-refractivity contribution < 1.29 is 14.7 Å². The van der Waals surface area contributed by atoms with Crippen molar-refractivity contribution in [2.75, 3.05) is 6.54 Å². The first-order valence-electron chi connectivity index (χ1n) is 6.36. The lowest BCUT2D eigenvalue weighted by atomic mass is 9.88.